The van der Waals surface area contributed by atoms with Crippen molar-refractivity contribution in [1.82, 2.24) is 25.6 Å². The van der Waals surface area contributed by atoms with Gasteiger partial charge in [-0.25, -0.2) is 4.98 Å². The van der Waals surface area contributed by atoms with Crippen LogP contribution in [0.15, 0.2) is 63.4 Å². The summed E-state index contributed by atoms with van der Waals surface area (Å²) in [6.07, 6.45) is -1.70. The molecule has 282 valence electrons. The predicted octanol–water partition coefficient (Wildman–Crippen LogP) is 6.35. The number of aromatic hydroxyl groups is 1. The molecule has 15 heteroatoms. The second kappa shape index (κ2) is 12.6. The first-order valence-electron chi connectivity index (χ1n) is 17.9. The largest absolute Gasteiger partial charge is 0.508 e. The number of hydrogen-bond acceptors (Lipinski definition) is 10. The van der Waals surface area contributed by atoms with Gasteiger partial charge in [-0.15, -0.1) is 0 Å². The topological polar surface area (TPSA) is 202 Å². The van der Waals surface area contributed by atoms with Crippen LogP contribution in [-0.2, 0) is 21.4 Å². The normalized spacial score (nSPS) is 21.6. The van der Waals surface area contributed by atoms with Crippen molar-refractivity contribution in [2.45, 2.75) is 63.9 Å². The summed E-state index contributed by atoms with van der Waals surface area (Å²) in [5.41, 5.74) is 8.06. The number of aliphatic hydroxyl groups excluding tert-OH is 1. The van der Waals surface area contributed by atoms with E-state index in [1.165, 1.54) is 6.07 Å². The second-order valence-electron chi connectivity index (χ2n) is 15.0. The third kappa shape index (κ3) is 5.13. The maximum absolute atomic E-state index is 14.2. The molecule has 0 fully saturated rings. The third-order valence-corrected chi connectivity index (χ3v) is 11.5. The molecule has 13 nitrogen and oxygen atoms in total. The smallest absolute Gasteiger partial charge is 0.250 e. The zero-order valence-corrected chi connectivity index (χ0v) is 31.5. The molecule has 3 aromatic carbocycles. The number of H-pyrrole nitrogens is 1. The van der Waals surface area contributed by atoms with Crippen molar-refractivity contribution in [2.75, 3.05) is 0 Å². The van der Waals surface area contributed by atoms with Gasteiger partial charge in [-0.1, -0.05) is 93.4 Å². The van der Waals surface area contributed by atoms with E-state index < -0.39 is 41.6 Å². The Labute approximate surface area is 324 Å². The Morgan fingerprint density at radius 3 is 2.56 bits per heavy atom. The first-order chi connectivity index (χ1) is 26.3. The maximum Gasteiger partial charge on any atom is 0.250 e. The lowest BCUT2D eigenvalue weighted by atomic mass is 9.70. The van der Waals surface area contributed by atoms with Crippen LogP contribution in [0.2, 0.25) is 10.3 Å². The van der Waals surface area contributed by atoms with Crippen molar-refractivity contribution < 1.29 is 33.4 Å². The SMILES string of the molecule is CC(C)C(N)C(=O)N[C@H]1Cc2ccc(O)c(c2)[C@]23c4cccc(c4O[C@@H]2O)-c2cccc4[nH]c(Cl)c(c24)-c2oc(nc2Cl)-c2nc(oc23)[C@H](C(C)C)NC1=O. The number of aromatic amines is 1. The van der Waals surface area contributed by atoms with E-state index in [2.05, 4.69) is 20.6 Å². The quantitative estimate of drug-likeness (QED) is 0.117. The van der Waals surface area contributed by atoms with Crippen LogP contribution in [0.5, 0.6) is 11.5 Å². The average molecular weight is 784 g/mol. The van der Waals surface area contributed by atoms with Gasteiger partial charge in [-0.3, -0.25) is 9.59 Å². The molecule has 0 aliphatic carbocycles. The van der Waals surface area contributed by atoms with Crippen LogP contribution in [-0.4, -0.2) is 55.4 Å². The number of nitrogens with one attached hydrogen (secondary N) is 3. The Morgan fingerprint density at radius 1 is 1.04 bits per heavy atom. The van der Waals surface area contributed by atoms with E-state index >= 15 is 0 Å². The molecule has 3 aromatic heterocycles. The molecule has 1 spiro atoms. The number of phenolic OH excluding ortho intramolecular Hbond substituents is 1. The number of ether oxygens (including phenoxy) is 1. The Morgan fingerprint density at radius 2 is 1.80 bits per heavy atom. The van der Waals surface area contributed by atoms with E-state index in [9.17, 15) is 19.8 Å². The Balaban J connectivity index is 1.40. The molecule has 10 bridgehead atoms. The number of phenols is 1. The summed E-state index contributed by atoms with van der Waals surface area (Å²) in [7, 11) is 0. The lowest BCUT2D eigenvalue weighted by Crippen LogP contribution is -2.54. The third-order valence-electron chi connectivity index (χ3n) is 10.9. The van der Waals surface area contributed by atoms with E-state index in [4.69, 9.17) is 47.5 Å². The summed E-state index contributed by atoms with van der Waals surface area (Å²) in [5, 5.41) is 31.2. The van der Waals surface area contributed by atoms with E-state index in [1.54, 1.807) is 18.2 Å². The van der Waals surface area contributed by atoms with Gasteiger partial charge >= 0.3 is 0 Å². The molecule has 3 aliphatic heterocycles. The molecular formula is C40H36Cl2N6O7. The van der Waals surface area contributed by atoms with E-state index in [0.29, 0.717) is 44.5 Å². The molecule has 0 saturated heterocycles. The summed E-state index contributed by atoms with van der Waals surface area (Å²) in [5.74, 6) is -1.24. The molecule has 9 rings (SSSR count). The average Bonchev–Trinajstić information content (AvgIpc) is 3.90. The molecule has 2 amide bonds. The first kappa shape index (κ1) is 35.4. The van der Waals surface area contributed by atoms with Crippen LogP contribution in [0.3, 0.4) is 0 Å². The number of aromatic nitrogens is 3. The zero-order chi connectivity index (χ0) is 38.7. The number of carbonyl (C=O) groups excluding carboxylic acids is 2. The lowest BCUT2D eigenvalue weighted by Gasteiger charge is -2.32. The highest BCUT2D eigenvalue weighted by Gasteiger charge is 2.58. The summed E-state index contributed by atoms with van der Waals surface area (Å²) < 4.78 is 19.8. The van der Waals surface area contributed by atoms with E-state index in [-0.39, 0.29) is 68.9 Å². The van der Waals surface area contributed by atoms with Gasteiger partial charge in [0.05, 0.1) is 11.6 Å². The molecular weight excluding hydrogens is 747 g/mol. The lowest BCUT2D eigenvalue weighted by molar-refractivity contribution is -0.130. The highest BCUT2D eigenvalue weighted by Crippen LogP contribution is 2.59. The summed E-state index contributed by atoms with van der Waals surface area (Å²) in [6.45, 7) is 7.39. The van der Waals surface area contributed by atoms with Crippen LogP contribution in [0.1, 0.15) is 62.1 Å². The van der Waals surface area contributed by atoms with Gasteiger partial charge in [0.25, 0.3) is 5.89 Å². The van der Waals surface area contributed by atoms with Gasteiger partial charge in [-0.05, 0) is 35.1 Å². The van der Waals surface area contributed by atoms with Crippen LogP contribution >= 0.6 is 23.2 Å². The predicted molar refractivity (Wildman–Crippen MR) is 204 cm³/mol. The molecule has 5 atom stereocenters. The summed E-state index contributed by atoms with van der Waals surface area (Å²) in [6, 6.07) is 13.1. The van der Waals surface area contributed by atoms with Gasteiger partial charge < -0.3 is 45.1 Å². The van der Waals surface area contributed by atoms with Gasteiger partial charge in [-0.2, -0.15) is 4.98 Å². The monoisotopic (exact) mass is 782 g/mol. The number of hydrogen-bond donors (Lipinski definition) is 6. The number of aliphatic hydroxyl groups is 1. The molecule has 55 heavy (non-hydrogen) atoms. The molecule has 0 radical (unpaired) electrons. The number of para-hydroxylation sites is 1. The van der Waals surface area contributed by atoms with Gasteiger partial charge in [0.15, 0.2) is 22.4 Å². The highest BCUT2D eigenvalue weighted by molar-refractivity contribution is 6.37. The fraction of sp³-hybridized carbons (Fsp3) is 0.300. The van der Waals surface area contributed by atoms with Crippen molar-refractivity contribution in [3.8, 4) is 45.5 Å². The number of nitrogens with two attached hydrogens (primary N) is 1. The van der Waals surface area contributed by atoms with Gasteiger partial charge in [0.1, 0.15) is 34.2 Å². The number of rotatable bonds is 4. The molecule has 1 unspecified atom stereocenters. The molecule has 7 N–H and O–H groups in total. The Hall–Kier alpha value is -5.34. The molecule has 0 saturated carbocycles. The Kier molecular flexibility index (Phi) is 8.10. The van der Waals surface area contributed by atoms with E-state index in [0.717, 1.165) is 0 Å². The molecule has 6 heterocycles. The number of fused-ring (bicyclic) bond motifs is 8. The fourth-order valence-corrected chi connectivity index (χ4v) is 8.55. The molecule has 6 aromatic rings. The minimum Gasteiger partial charge on any atom is -0.508 e. The number of amides is 2. The van der Waals surface area contributed by atoms with E-state index in [1.807, 2.05) is 58.0 Å². The first-order valence-corrected chi connectivity index (χ1v) is 18.7. The number of oxazole rings is 2. The van der Waals surface area contributed by atoms with Gasteiger partial charge in [0.2, 0.25) is 24.0 Å². The van der Waals surface area contributed by atoms with Crippen LogP contribution < -0.4 is 21.1 Å². The van der Waals surface area contributed by atoms with Crippen molar-refractivity contribution in [3.05, 3.63) is 93.2 Å². The fourth-order valence-electron chi connectivity index (χ4n) is 8.06. The molecule has 3 aliphatic rings. The van der Waals surface area contributed by atoms with Crippen LogP contribution in [0.25, 0.3) is 44.9 Å². The number of carbonyl (C=O) groups is 2. The second-order valence-corrected chi connectivity index (χ2v) is 15.7. The maximum atomic E-state index is 14.2. The minimum absolute atomic E-state index is 0.0107. The zero-order valence-electron chi connectivity index (χ0n) is 30.0. The highest BCUT2D eigenvalue weighted by atomic mass is 35.5. The minimum atomic E-state index is -1.80. The van der Waals surface area contributed by atoms with Crippen molar-refractivity contribution in [2.24, 2.45) is 17.6 Å². The van der Waals surface area contributed by atoms with Crippen LogP contribution in [0, 0.1) is 11.8 Å². The Bertz CT molecular complexity index is 2580. The number of nitrogens with zero attached hydrogens (tertiary/aromatic N) is 2. The van der Waals surface area contributed by atoms with Crippen molar-refractivity contribution in [3.63, 3.8) is 0 Å². The van der Waals surface area contributed by atoms with Crippen molar-refractivity contribution in [1.29, 1.82) is 0 Å². The number of benzene rings is 3. The summed E-state index contributed by atoms with van der Waals surface area (Å²) >= 11 is 13.8. The van der Waals surface area contributed by atoms with Crippen molar-refractivity contribution >= 4 is 45.9 Å². The van der Waals surface area contributed by atoms with Crippen LogP contribution in [0.4, 0.5) is 0 Å². The standard InChI is InChI=1S/C40H36Cl2N6O7/c1-15(2)27(43)36(51)45-23-14-17-11-12-24(49)21(13-17)40-20-9-5-8-19(30(20)54-39(40)52)18-7-6-10-22-25(18)26(33(41)44-22)31-34(42)48-38(53-31)29-32(40)55-37(47-29)28(16(3)4)46-35(23)50/h5-13,15-16,23,27-28,39,44,49,52H,14,43H2,1-4H3,(H,45,51)(H,46,50)/t23-,27?,28-,39-,40-/m0/s1. The van der Waals surface area contributed by atoms with Gasteiger partial charge in [0, 0.05) is 34.0 Å². The summed E-state index contributed by atoms with van der Waals surface area (Å²) in [4.78, 5) is 40.3. The number of halogens is 2.